The molecule has 1 aromatic rings. The molecule has 8 nitrogen and oxygen atoms in total. The molecule has 0 aromatic carbocycles. The highest BCUT2D eigenvalue weighted by atomic mass is 32.2. The van der Waals surface area contributed by atoms with Crippen LogP contribution in [0.4, 0.5) is 4.79 Å². The Balaban J connectivity index is 1.77. The summed E-state index contributed by atoms with van der Waals surface area (Å²) < 4.78 is 0. The summed E-state index contributed by atoms with van der Waals surface area (Å²) in [6.07, 6.45) is 3.99. The minimum atomic E-state index is -0.733. The van der Waals surface area contributed by atoms with Crippen molar-refractivity contribution >= 4 is 34.7 Å². The standard InChI is InChI=1S/C16H20N4O4S/c1-2-19(9-5-12-3-6-17-7-4-12)15(23)14(22)18-8-10-20-13(21)11-25-16(20)24/h3-4,6-7H,2,5,8-11H2,1H3,(H,18,22). The van der Waals surface area contributed by atoms with Gasteiger partial charge in [0.05, 0.1) is 5.75 Å². The molecule has 2 heterocycles. The van der Waals surface area contributed by atoms with E-state index < -0.39 is 11.8 Å². The second kappa shape index (κ2) is 9.16. The first kappa shape index (κ1) is 18.9. The van der Waals surface area contributed by atoms with E-state index in [2.05, 4.69) is 10.3 Å². The molecule has 25 heavy (non-hydrogen) atoms. The number of hydrogen-bond donors (Lipinski definition) is 1. The molecular formula is C16H20N4O4S. The van der Waals surface area contributed by atoms with Crippen molar-refractivity contribution in [2.45, 2.75) is 13.3 Å². The zero-order chi connectivity index (χ0) is 18.2. The SMILES string of the molecule is CCN(CCc1ccncc1)C(=O)C(=O)NCCN1C(=O)CSC1=O. The average Bonchev–Trinajstić information content (AvgIpc) is 2.94. The Labute approximate surface area is 149 Å². The van der Waals surface area contributed by atoms with Gasteiger partial charge in [-0.25, -0.2) is 0 Å². The number of carbonyl (C=O) groups excluding carboxylic acids is 4. The Kier molecular flexibility index (Phi) is 6.93. The summed E-state index contributed by atoms with van der Waals surface area (Å²) >= 11 is 0.937. The highest BCUT2D eigenvalue weighted by Gasteiger charge is 2.29. The number of thioether (sulfide) groups is 1. The van der Waals surface area contributed by atoms with Crippen LogP contribution in [0.25, 0.3) is 0 Å². The number of nitrogens with zero attached hydrogens (tertiary/aromatic N) is 3. The number of imide groups is 1. The lowest BCUT2D eigenvalue weighted by Crippen LogP contribution is -2.46. The fourth-order valence-electron chi connectivity index (χ4n) is 2.31. The van der Waals surface area contributed by atoms with Crippen molar-refractivity contribution in [3.05, 3.63) is 30.1 Å². The molecule has 0 unspecified atom stereocenters. The predicted molar refractivity (Wildman–Crippen MR) is 92.8 cm³/mol. The number of likely N-dealkylation sites (N-methyl/N-ethyl adjacent to an activating group) is 1. The highest BCUT2D eigenvalue weighted by molar-refractivity contribution is 8.14. The van der Waals surface area contributed by atoms with Gasteiger partial charge in [-0.3, -0.25) is 29.1 Å². The number of amides is 4. The van der Waals surface area contributed by atoms with Crippen molar-refractivity contribution in [1.82, 2.24) is 20.1 Å². The number of pyridine rings is 1. The maximum absolute atomic E-state index is 12.2. The number of aromatic nitrogens is 1. The fraction of sp³-hybridized carbons (Fsp3) is 0.438. The summed E-state index contributed by atoms with van der Waals surface area (Å²) in [5.41, 5.74) is 1.03. The Hall–Kier alpha value is -2.42. The van der Waals surface area contributed by atoms with Crippen LogP contribution >= 0.6 is 11.8 Å². The van der Waals surface area contributed by atoms with Gasteiger partial charge in [0.1, 0.15) is 0 Å². The van der Waals surface area contributed by atoms with E-state index in [0.29, 0.717) is 19.5 Å². The van der Waals surface area contributed by atoms with Gasteiger partial charge in [0.15, 0.2) is 0 Å². The molecular weight excluding hydrogens is 344 g/mol. The van der Waals surface area contributed by atoms with E-state index in [1.807, 2.05) is 12.1 Å². The van der Waals surface area contributed by atoms with Crippen molar-refractivity contribution in [3.8, 4) is 0 Å². The molecule has 1 N–H and O–H groups in total. The molecule has 2 rings (SSSR count). The Morgan fingerprint density at radius 3 is 2.64 bits per heavy atom. The molecule has 0 radical (unpaired) electrons. The summed E-state index contributed by atoms with van der Waals surface area (Å²) in [5, 5.41) is 2.15. The molecule has 0 bridgehead atoms. The molecule has 1 fully saturated rings. The van der Waals surface area contributed by atoms with Gasteiger partial charge in [-0.05, 0) is 31.0 Å². The first-order valence-corrected chi connectivity index (χ1v) is 8.94. The van der Waals surface area contributed by atoms with Crippen LogP contribution in [0.1, 0.15) is 12.5 Å². The molecule has 4 amide bonds. The summed E-state index contributed by atoms with van der Waals surface area (Å²) in [6, 6.07) is 3.72. The van der Waals surface area contributed by atoms with E-state index in [-0.39, 0.29) is 30.0 Å². The lowest BCUT2D eigenvalue weighted by Gasteiger charge is -2.20. The van der Waals surface area contributed by atoms with Crippen LogP contribution in [-0.4, -0.2) is 69.7 Å². The second-order valence-electron chi connectivity index (χ2n) is 5.35. The third kappa shape index (κ3) is 5.28. The predicted octanol–water partition coefficient (Wildman–Crippen LogP) is 0.284. The largest absolute Gasteiger partial charge is 0.346 e. The van der Waals surface area contributed by atoms with Crippen molar-refractivity contribution in [3.63, 3.8) is 0 Å². The molecule has 134 valence electrons. The summed E-state index contributed by atoms with van der Waals surface area (Å²) in [4.78, 5) is 53.6. The van der Waals surface area contributed by atoms with E-state index >= 15 is 0 Å². The zero-order valence-electron chi connectivity index (χ0n) is 13.9. The molecule has 1 aliphatic rings. The number of nitrogens with one attached hydrogen (secondary N) is 1. The molecule has 0 aliphatic carbocycles. The van der Waals surface area contributed by atoms with Crippen molar-refractivity contribution in [1.29, 1.82) is 0 Å². The highest BCUT2D eigenvalue weighted by Crippen LogP contribution is 2.17. The first-order valence-electron chi connectivity index (χ1n) is 7.96. The van der Waals surface area contributed by atoms with Gasteiger partial charge in [0.25, 0.3) is 5.24 Å². The van der Waals surface area contributed by atoms with Gasteiger partial charge >= 0.3 is 11.8 Å². The molecule has 1 saturated heterocycles. The van der Waals surface area contributed by atoms with E-state index in [9.17, 15) is 19.2 Å². The second-order valence-corrected chi connectivity index (χ2v) is 6.27. The normalized spacial score (nSPS) is 13.9. The molecule has 1 aromatic heterocycles. The third-order valence-corrected chi connectivity index (χ3v) is 4.60. The fourth-order valence-corrected chi connectivity index (χ4v) is 3.07. The van der Waals surface area contributed by atoms with Crippen LogP contribution in [0, 0.1) is 0 Å². The van der Waals surface area contributed by atoms with Crippen molar-refractivity contribution in [2.75, 3.05) is 31.9 Å². The summed E-state index contributed by atoms with van der Waals surface area (Å²) in [7, 11) is 0. The molecule has 1 aliphatic heterocycles. The number of carbonyl (C=O) groups is 4. The molecule has 0 saturated carbocycles. The summed E-state index contributed by atoms with van der Waals surface area (Å²) in [5.74, 6) is -1.50. The van der Waals surface area contributed by atoms with Gasteiger partial charge in [0.2, 0.25) is 5.91 Å². The van der Waals surface area contributed by atoms with Gasteiger partial charge in [-0.1, -0.05) is 11.8 Å². The smallest absolute Gasteiger partial charge is 0.311 e. The van der Waals surface area contributed by atoms with Crippen LogP contribution < -0.4 is 5.32 Å². The van der Waals surface area contributed by atoms with Crippen molar-refractivity contribution in [2.24, 2.45) is 0 Å². The van der Waals surface area contributed by atoms with E-state index in [1.54, 1.807) is 19.3 Å². The first-order chi connectivity index (χ1) is 12.0. The Morgan fingerprint density at radius 1 is 1.32 bits per heavy atom. The van der Waals surface area contributed by atoms with Crippen molar-refractivity contribution < 1.29 is 19.2 Å². The van der Waals surface area contributed by atoms with Crippen LogP contribution in [0.3, 0.4) is 0 Å². The van der Waals surface area contributed by atoms with E-state index in [4.69, 9.17) is 0 Å². The Bertz CT molecular complexity index is 637. The molecule has 0 spiro atoms. The van der Waals surface area contributed by atoms with Crippen LogP contribution in [0.2, 0.25) is 0 Å². The lowest BCUT2D eigenvalue weighted by molar-refractivity contribution is -0.145. The van der Waals surface area contributed by atoms with Crippen LogP contribution in [0.5, 0.6) is 0 Å². The Morgan fingerprint density at radius 2 is 2.04 bits per heavy atom. The van der Waals surface area contributed by atoms with E-state index in [1.165, 1.54) is 4.90 Å². The monoisotopic (exact) mass is 364 g/mol. The van der Waals surface area contributed by atoms with Crippen LogP contribution in [0.15, 0.2) is 24.5 Å². The lowest BCUT2D eigenvalue weighted by atomic mass is 10.2. The molecule has 0 atom stereocenters. The van der Waals surface area contributed by atoms with Gasteiger partial charge < -0.3 is 10.2 Å². The van der Waals surface area contributed by atoms with E-state index in [0.717, 1.165) is 22.2 Å². The minimum Gasteiger partial charge on any atom is -0.346 e. The van der Waals surface area contributed by atoms with Gasteiger partial charge in [-0.2, -0.15) is 0 Å². The zero-order valence-corrected chi connectivity index (χ0v) is 14.8. The average molecular weight is 364 g/mol. The number of hydrogen-bond acceptors (Lipinski definition) is 6. The summed E-state index contributed by atoms with van der Waals surface area (Å²) in [6.45, 7) is 2.78. The molecule has 9 heteroatoms. The number of rotatable bonds is 7. The maximum atomic E-state index is 12.2. The van der Waals surface area contributed by atoms with Gasteiger partial charge in [-0.15, -0.1) is 0 Å². The van der Waals surface area contributed by atoms with Gasteiger partial charge in [0, 0.05) is 38.6 Å². The van der Waals surface area contributed by atoms with Crippen LogP contribution in [-0.2, 0) is 20.8 Å². The minimum absolute atomic E-state index is 0.0600. The third-order valence-electron chi connectivity index (χ3n) is 3.74. The quantitative estimate of drug-likeness (QED) is 0.698. The topological polar surface area (TPSA) is 99.7 Å². The maximum Gasteiger partial charge on any atom is 0.311 e.